The number of amides is 1. The SMILES string of the molecule is C=C(C)Oc1cc([C@@](Cc2ccccc2)(NC(=O)c2ccc(F)c(C(F)(F)F)c2)c2cc(F)cc(OC(F)(F)C(F)F)c2)ccc1F. The van der Waals surface area contributed by atoms with Gasteiger partial charge in [-0.15, -0.1) is 0 Å². The molecular formula is C33H23F10NO3. The standard InChI is InChI=1S/C33H23F10NO3/c1-18(2)46-28-15-21(9-11-27(28)36)31(17-19-6-4-3-5-7-19,22-13-23(34)16-24(14-22)47-33(42,43)30(37)38)44-29(45)20-8-10-26(35)25(12-20)32(39,40)41/h3-16,30H,1,17H2,2H3,(H,44,45)/t31-/m1/s1. The second-order valence-corrected chi connectivity index (χ2v) is 10.3. The molecule has 0 saturated carbocycles. The Morgan fingerprint density at radius 2 is 1.49 bits per heavy atom. The van der Waals surface area contributed by atoms with Crippen LogP contribution in [0.5, 0.6) is 11.5 Å². The quantitative estimate of drug-likeness (QED) is 0.128. The summed E-state index contributed by atoms with van der Waals surface area (Å²) in [5, 5.41) is 2.48. The molecular weight excluding hydrogens is 648 g/mol. The van der Waals surface area contributed by atoms with Gasteiger partial charge in [-0.2, -0.15) is 30.7 Å². The number of ether oxygens (including phenoxy) is 2. The molecule has 0 aliphatic carbocycles. The molecule has 1 N–H and O–H groups in total. The lowest BCUT2D eigenvalue weighted by molar-refractivity contribution is -0.253. The van der Waals surface area contributed by atoms with Crippen molar-refractivity contribution >= 4 is 5.91 Å². The Labute approximate surface area is 261 Å². The third-order valence-electron chi connectivity index (χ3n) is 6.75. The third-order valence-corrected chi connectivity index (χ3v) is 6.75. The fourth-order valence-corrected chi connectivity index (χ4v) is 4.72. The first-order valence-corrected chi connectivity index (χ1v) is 13.4. The number of alkyl halides is 7. The van der Waals surface area contributed by atoms with E-state index in [0.29, 0.717) is 23.8 Å². The predicted octanol–water partition coefficient (Wildman–Crippen LogP) is 9.19. The second-order valence-electron chi connectivity index (χ2n) is 10.3. The third kappa shape index (κ3) is 8.05. The monoisotopic (exact) mass is 671 g/mol. The zero-order valence-corrected chi connectivity index (χ0v) is 24.1. The van der Waals surface area contributed by atoms with E-state index in [4.69, 9.17) is 4.74 Å². The molecule has 0 spiro atoms. The van der Waals surface area contributed by atoms with Crippen LogP contribution in [0.1, 0.15) is 39.5 Å². The lowest BCUT2D eigenvalue weighted by Gasteiger charge is -2.37. The fourth-order valence-electron chi connectivity index (χ4n) is 4.72. The molecule has 47 heavy (non-hydrogen) atoms. The van der Waals surface area contributed by atoms with E-state index in [1.807, 2.05) is 0 Å². The molecule has 0 radical (unpaired) electrons. The minimum Gasteiger partial charge on any atom is -0.460 e. The second kappa shape index (κ2) is 13.4. The molecule has 1 atom stereocenters. The lowest BCUT2D eigenvalue weighted by atomic mass is 9.77. The molecule has 0 aliphatic rings. The van der Waals surface area contributed by atoms with E-state index in [2.05, 4.69) is 16.6 Å². The maximum atomic E-state index is 15.1. The molecule has 0 unspecified atom stereocenters. The van der Waals surface area contributed by atoms with Crippen LogP contribution < -0.4 is 14.8 Å². The zero-order valence-electron chi connectivity index (χ0n) is 24.1. The molecule has 4 aromatic carbocycles. The van der Waals surface area contributed by atoms with Gasteiger partial charge in [-0.3, -0.25) is 4.79 Å². The van der Waals surface area contributed by atoms with E-state index < -0.39 is 82.2 Å². The Morgan fingerprint density at radius 1 is 0.830 bits per heavy atom. The molecule has 4 aromatic rings. The zero-order chi connectivity index (χ0) is 34.7. The summed E-state index contributed by atoms with van der Waals surface area (Å²) in [6.07, 6.45) is -15.0. The van der Waals surface area contributed by atoms with Crippen molar-refractivity contribution in [2.75, 3.05) is 0 Å². The van der Waals surface area contributed by atoms with Crippen molar-refractivity contribution in [2.24, 2.45) is 0 Å². The van der Waals surface area contributed by atoms with Crippen molar-refractivity contribution in [3.8, 4) is 11.5 Å². The number of halogens is 10. The van der Waals surface area contributed by atoms with Crippen molar-refractivity contribution < 1.29 is 58.2 Å². The van der Waals surface area contributed by atoms with Gasteiger partial charge in [0.2, 0.25) is 0 Å². The summed E-state index contributed by atoms with van der Waals surface area (Å²) in [4.78, 5) is 13.7. The highest BCUT2D eigenvalue weighted by atomic mass is 19.4. The van der Waals surface area contributed by atoms with E-state index in [0.717, 1.165) is 30.3 Å². The van der Waals surface area contributed by atoms with Crippen LogP contribution in [0.25, 0.3) is 0 Å². The molecule has 0 heterocycles. The minimum atomic E-state index is -5.21. The number of carbonyl (C=O) groups is 1. The molecule has 4 nitrogen and oxygen atoms in total. The predicted molar refractivity (Wildman–Crippen MR) is 150 cm³/mol. The summed E-state index contributed by atoms with van der Waals surface area (Å²) in [5.74, 6) is -6.82. The van der Waals surface area contributed by atoms with Crippen molar-refractivity contribution in [1.82, 2.24) is 5.32 Å². The molecule has 1 amide bonds. The Morgan fingerprint density at radius 3 is 2.11 bits per heavy atom. The summed E-state index contributed by atoms with van der Waals surface area (Å²) in [7, 11) is 0. The average Bonchev–Trinajstić information content (AvgIpc) is 2.97. The molecule has 0 aliphatic heterocycles. The van der Waals surface area contributed by atoms with Gasteiger partial charge in [-0.25, -0.2) is 13.2 Å². The topological polar surface area (TPSA) is 47.6 Å². The number of allylic oxidation sites excluding steroid dienone is 1. The Balaban J connectivity index is 2.03. The molecule has 14 heteroatoms. The van der Waals surface area contributed by atoms with Gasteiger partial charge < -0.3 is 14.8 Å². The van der Waals surface area contributed by atoms with Gasteiger partial charge in [0.1, 0.15) is 17.4 Å². The maximum absolute atomic E-state index is 15.1. The van der Waals surface area contributed by atoms with E-state index in [1.54, 1.807) is 18.2 Å². The molecule has 0 aromatic heterocycles. The maximum Gasteiger partial charge on any atom is 0.461 e. The average molecular weight is 672 g/mol. The van der Waals surface area contributed by atoms with Gasteiger partial charge in [0.25, 0.3) is 5.91 Å². The minimum absolute atomic E-state index is 0.000379. The summed E-state index contributed by atoms with van der Waals surface area (Å²) in [5.41, 5.74) is -4.93. The van der Waals surface area contributed by atoms with Crippen LogP contribution in [0.3, 0.4) is 0 Å². The summed E-state index contributed by atoms with van der Waals surface area (Å²) in [6.45, 7) is 4.90. The molecule has 0 saturated heterocycles. The smallest absolute Gasteiger partial charge is 0.460 e. The van der Waals surface area contributed by atoms with Crippen LogP contribution in [0.15, 0.2) is 97.3 Å². The number of hydrogen-bond acceptors (Lipinski definition) is 3. The number of carbonyl (C=O) groups excluding carboxylic acids is 1. The number of benzene rings is 4. The first kappa shape index (κ1) is 34.9. The van der Waals surface area contributed by atoms with Crippen molar-refractivity contribution in [2.45, 2.75) is 37.6 Å². The summed E-state index contributed by atoms with van der Waals surface area (Å²) < 4.78 is 148. The van der Waals surface area contributed by atoms with Crippen molar-refractivity contribution in [1.29, 1.82) is 0 Å². The van der Waals surface area contributed by atoms with E-state index in [-0.39, 0.29) is 17.4 Å². The van der Waals surface area contributed by atoms with Crippen molar-refractivity contribution in [3.63, 3.8) is 0 Å². The summed E-state index contributed by atoms with van der Waals surface area (Å²) in [6, 6.07) is 13.9. The normalized spacial score (nSPS) is 13.2. The molecule has 0 fully saturated rings. The highest BCUT2D eigenvalue weighted by Gasteiger charge is 2.45. The summed E-state index contributed by atoms with van der Waals surface area (Å²) >= 11 is 0. The first-order valence-electron chi connectivity index (χ1n) is 13.4. The molecule has 248 valence electrons. The number of rotatable bonds is 11. The van der Waals surface area contributed by atoms with E-state index >= 15 is 4.39 Å². The van der Waals surface area contributed by atoms with Gasteiger partial charge >= 0.3 is 18.7 Å². The van der Waals surface area contributed by atoms with E-state index in [1.165, 1.54) is 19.1 Å². The Bertz CT molecular complexity index is 1780. The van der Waals surface area contributed by atoms with Crippen molar-refractivity contribution in [3.05, 3.63) is 143 Å². The largest absolute Gasteiger partial charge is 0.461 e. The number of hydrogen-bond donors (Lipinski definition) is 1. The Kier molecular flexibility index (Phi) is 9.92. The highest BCUT2D eigenvalue weighted by molar-refractivity contribution is 5.95. The lowest BCUT2D eigenvalue weighted by Crippen LogP contribution is -2.49. The molecule has 0 bridgehead atoms. The Hall–Kier alpha value is -5.01. The number of nitrogens with one attached hydrogen (secondary N) is 1. The van der Waals surface area contributed by atoms with Crippen LogP contribution in [-0.2, 0) is 18.1 Å². The van der Waals surface area contributed by atoms with Gasteiger partial charge in [-0.1, -0.05) is 43.0 Å². The van der Waals surface area contributed by atoms with Crippen LogP contribution in [-0.4, -0.2) is 18.4 Å². The van der Waals surface area contributed by atoms with E-state index in [9.17, 15) is 44.3 Å². The van der Waals surface area contributed by atoms with Gasteiger partial charge in [0, 0.05) is 18.1 Å². The van der Waals surface area contributed by atoms with Gasteiger partial charge in [0.05, 0.1) is 16.9 Å². The van der Waals surface area contributed by atoms with Gasteiger partial charge in [0.15, 0.2) is 11.6 Å². The highest BCUT2D eigenvalue weighted by Crippen LogP contribution is 2.40. The van der Waals surface area contributed by atoms with Crippen LogP contribution >= 0.6 is 0 Å². The van der Waals surface area contributed by atoms with Crippen LogP contribution in [0, 0.1) is 17.5 Å². The molecule has 4 rings (SSSR count). The van der Waals surface area contributed by atoms with Gasteiger partial charge in [-0.05, 0) is 66.1 Å². The fraction of sp³-hybridized carbons (Fsp3) is 0.182. The first-order chi connectivity index (χ1) is 21.9. The van der Waals surface area contributed by atoms with Crippen LogP contribution in [0.2, 0.25) is 0 Å². The van der Waals surface area contributed by atoms with Crippen LogP contribution in [0.4, 0.5) is 43.9 Å².